The maximum Gasteiger partial charge on any atom is 0.439 e. The minimum Gasteiger partial charge on any atom is -0.437 e. The molecule has 6 heteroatoms. The van der Waals surface area contributed by atoms with Crippen molar-refractivity contribution in [3.05, 3.63) is 11.6 Å². The van der Waals surface area contributed by atoms with Crippen LogP contribution in [0.25, 0.3) is 0 Å². The molecular weight excluding hydrogens is 284 g/mol. The monoisotopic (exact) mass is 307 g/mol. The first-order valence-corrected chi connectivity index (χ1v) is 7.05. The largest absolute Gasteiger partial charge is 0.439 e. The van der Waals surface area contributed by atoms with Gasteiger partial charge in [-0.25, -0.2) is 0 Å². The number of hydrogen-bond donors (Lipinski definition) is 1. The highest BCUT2D eigenvalue weighted by Crippen LogP contribution is 2.43. The molecule has 120 valence electrons. The molecule has 0 amide bonds. The summed E-state index contributed by atoms with van der Waals surface area (Å²) >= 11 is 0. The molecule has 1 N–H and O–H groups in total. The third-order valence-corrected chi connectivity index (χ3v) is 3.68. The van der Waals surface area contributed by atoms with Gasteiger partial charge >= 0.3 is 11.7 Å². The van der Waals surface area contributed by atoms with Crippen molar-refractivity contribution in [2.24, 2.45) is 10.8 Å². The van der Waals surface area contributed by atoms with Crippen molar-refractivity contribution in [3.63, 3.8) is 0 Å². The maximum atomic E-state index is 13.1. The number of carbonyl (C=O) groups is 3. The van der Waals surface area contributed by atoms with Gasteiger partial charge in [0.15, 0.2) is 0 Å². The second kappa shape index (κ2) is 5.29. The molecule has 0 heterocycles. The predicted molar refractivity (Wildman–Crippen MR) is 79.5 cm³/mol. The standard InChI is InChI=1S/C16H23N2O4/c1-9(19)22-16(15(5,6)7)12(18-17)11(20)8-10(13(16)21)14(2,3)4/h8,17H,1-7H3/q+1. The molecule has 0 aromatic heterocycles. The molecular formula is C16H23N2O4+. The van der Waals surface area contributed by atoms with Crippen molar-refractivity contribution in [1.29, 1.82) is 5.53 Å². The number of rotatable bonds is 1. The predicted octanol–water partition coefficient (Wildman–Crippen LogP) is 2.14. The highest BCUT2D eigenvalue weighted by molar-refractivity contribution is 6.53. The molecule has 1 aliphatic rings. The number of ketones is 2. The van der Waals surface area contributed by atoms with Crippen molar-refractivity contribution in [3.8, 4) is 0 Å². The Bertz CT molecular complexity index is 626. The van der Waals surface area contributed by atoms with E-state index in [1.165, 1.54) is 13.0 Å². The van der Waals surface area contributed by atoms with Gasteiger partial charge < -0.3 is 4.74 Å². The van der Waals surface area contributed by atoms with E-state index in [-0.39, 0.29) is 11.3 Å². The van der Waals surface area contributed by atoms with Crippen LogP contribution in [0.2, 0.25) is 0 Å². The van der Waals surface area contributed by atoms with Gasteiger partial charge in [0.2, 0.25) is 5.78 Å². The molecule has 0 aromatic rings. The Morgan fingerprint density at radius 2 is 1.68 bits per heavy atom. The van der Waals surface area contributed by atoms with Gasteiger partial charge in [-0.05, 0) is 5.41 Å². The third-order valence-electron chi connectivity index (χ3n) is 3.68. The van der Waals surface area contributed by atoms with Crippen LogP contribution in [-0.2, 0) is 19.1 Å². The van der Waals surface area contributed by atoms with Gasteiger partial charge in [0.1, 0.15) is 0 Å². The van der Waals surface area contributed by atoms with E-state index in [4.69, 9.17) is 10.3 Å². The molecule has 0 radical (unpaired) electrons. The quantitative estimate of drug-likeness (QED) is 0.456. The topological polar surface area (TPSA) is 98.4 Å². The Morgan fingerprint density at radius 3 is 2.00 bits per heavy atom. The lowest BCUT2D eigenvalue weighted by Gasteiger charge is -2.41. The number of nitrogens with zero attached hydrogens (tertiary/aromatic N) is 1. The second-order valence-electron chi connectivity index (χ2n) is 7.49. The van der Waals surface area contributed by atoms with E-state index in [1.54, 1.807) is 41.5 Å². The number of allylic oxidation sites excluding steroid dienone is 1. The van der Waals surface area contributed by atoms with Gasteiger partial charge in [-0.1, -0.05) is 41.5 Å². The van der Waals surface area contributed by atoms with Crippen LogP contribution in [0.15, 0.2) is 11.6 Å². The average Bonchev–Trinajstić information content (AvgIpc) is 2.30. The minimum atomic E-state index is -1.88. The van der Waals surface area contributed by atoms with Crippen molar-refractivity contribution in [1.82, 2.24) is 0 Å². The Morgan fingerprint density at radius 1 is 1.18 bits per heavy atom. The van der Waals surface area contributed by atoms with Gasteiger partial charge in [-0.3, -0.25) is 14.4 Å². The van der Waals surface area contributed by atoms with Gasteiger partial charge in [0, 0.05) is 24.0 Å². The van der Waals surface area contributed by atoms with E-state index in [9.17, 15) is 14.4 Å². The van der Waals surface area contributed by atoms with Crippen LogP contribution in [-0.4, -0.2) is 33.6 Å². The molecule has 0 saturated heterocycles. The van der Waals surface area contributed by atoms with Crippen LogP contribution >= 0.6 is 0 Å². The summed E-state index contributed by atoms with van der Waals surface area (Å²) in [6.45, 7) is 11.6. The fourth-order valence-electron chi connectivity index (χ4n) is 2.59. The van der Waals surface area contributed by atoms with Crippen molar-refractivity contribution in [2.75, 3.05) is 0 Å². The zero-order chi connectivity index (χ0) is 17.5. The fourth-order valence-corrected chi connectivity index (χ4v) is 2.59. The maximum absolute atomic E-state index is 13.1. The summed E-state index contributed by atoms with van der Waals surface area (Å²) < 4.78 is 5.35. The highest BCUT2D eigenvalue weighted by atomic mass is 16.6. The van der Waals surface area contributed by atoms with E-state index in [2.05, 4.69) is 4.79 Å². The van der Waals surface area contributed by atoms with E-state index >= 15 is 0 Å². The number of nitrogens with one attached hydrogen (secondary N) is 1. The first-order valence-electron chi connectivity index (χ1n) is 7.05. The first kappa shape index (κ1) is 18.0. The Kier molecular flexibility index (Phi) is 4.32. The molecule has 6 nitrogen and oxygen atoms in total. The van der Waals surface area contributed by atoms with Gasteiger partial charge in [0.05, 0.1) is 10.3 Å². The minimum absolute atomic E-state index is 0.265. The lowest BCUT2D eigenvalue weighted by Crippen LogP contribution is -2.64. The van der Waals surface area contributed by atoms with Crippen LogP contribution in [0.4, 0.5) is 0 Å². The molecule has 22 heavy (non-hydrogen) atoms. The molecule has 0 saturated carbocycles. The molecule has 0 aliphatic heterocycles. The SMILES string of the molecule is CC(=O)OC1(C(C)(C)C)C(=O)C(C(C)(C)C)=CC(=O)C1=[N+]=N. The number of carbonyl (C=O) groups excluding carboxylic acids is 3. The molecule has 1 aliphatic carbocycles. The number of hydrogen-bond acceptors (Lipinski definition) is 5. The first-order chi connectivity index (χ1) is 9.79. The molecule has 1 unspecified atom stereocenters. The third kappa shape index (κ3) is 2.66. The number of Topliss-reactive ketones (excluding diaryl/α,β-unsaturated/α-hetero) is 1. The lowest BCUT2D eigenvalue weighted by molar-refractivity contribution is -0.183. The van der Waals surface area contributed by atoms with Crippen molar-refractivity contribution < 1.29 is 23.9 Å². The van der Waals surface area contributed by atoms with Crippen LogP contribution in [0.3, 0.4) is 0 Å². The van der Waals surface area contributed by atoms with E-state index in [0.29, 0.717) is 0 Å². The lowest BCUT2D eigenvalue weighted by atomic mass is 9.62. The number of esters is 1. The van der Waals surface area contributed by atoms with Gasteiger partial charge in [-0.2, -0.15) is 0 Å². The van der Waals surface area contributed by atoms with Crippen LogP contribution < -0.4 is 0 Å². The molecule has 1 rings (SSSR count). The highest BCUT2D eigenvalue weighted by Gasteiger charge is 2.67. The summed E-state index contributed by atoms with van der Waals surface area (Å²) in [6, 6.07) is 0. The van der Waals surface area contributed by atoms with Gasteiger partial charge in [-0.15, -0.1) is 0 Å². The van der Waals surface area contributed by atoms with Crippen molar-refractivity contribution in [2.45, 2.75) is 54.1 Å². The van der Waals surface area contributed by atoms with E-state index < -0.39 is 34.0 Å². The smallest absolute Gasteiger partial charge is 0.437 e. The van der Waals surface area contributed by atoms with E-state index in [1.807, 2.05) is 0 Å². The Hall–Kier alpha value is -2.07. The number of ether oxygens (including phenoxy) is 1. The normalized spacial score (nSPS) is 23.0. The summed E-state index contributed by atoms with van der Waals surface area (Å²) in [5, 5.41) is 0. The van der Waals surface area contributed by atoms with Crippen LogP contribution in [0, 0.1) is 16.4 Å². The molecule has 1 atom stereocenters. The summed E-state index contributed by atoms with van der Waals surface area (Å²) in [6.07, 6.45) is 1.20. The zero-order valence-electron chi connectivity index (χ0n) is 14.2. The van der Waals surface area contributed by atoms with Crippen LogP contribution in [0.5, 0.6) is 0 Å². The summed E-state index contributed by atoms with van der Waals surface area (Å²) in [5.74, 6) is -1.77. The molecule has 0 aromatic carbocycles. The summed E-state index contributed by atoms with van der Waals surface area (Å²) in [5.41, 5.74) is 3.81. The Labute approximate surface area is 130 Å². The molecule has 0 spiro atoms. The van der Waals surface area contributed by atoms with Gasteiger partial charge in [0.25, 0.3) is 11.4 Å². The average molecular weight is 307 g/mol. The summed E-state index contributed by atoms with van der Waals surface area (Å²) in [7, 11) is 0. The molecule has 0 bridgehead atoms. The molecule has 0 fully saturated rings. The zero-order valence-corrected chi connectivity index (χ0v) is 14.2. The van der Waals surface area contributed by atoms with Crippen molar-refractivity contribution >= 4 is 23.2 Å². The Balaban J connectivity index is 3.83. The fraction of sp³-hybridized carbons (Fsp3) is 0.625. The van der Waals surface area contributed by atoms with E-state index in [0.717, 1.165) is 0 Å². The summed E-state index contributed by atoms with van der Waals surface area (Å²) in [4.78, 5) is 40.4. The second-order valence-corrected chi connectivity index (χ2v) is 7.49. The van der Waals surface area contributed by atoms with Crippen LogP contribution in [0.1, 0.15) is 48.5 Å².